The van der Waals surface area contributed by atoms with Crippen molar-refractivity contribution in [2.75, 3.05) is 39.3 Å². The van der Waals surface area contributed by atoms with Crippen LogP contribution in [0, 0.1) is 0 Å². The second kappa shape index (κ2) is 7.85. The number of hydrogen-bond donors (Lipinski definition) is 0. The van der Waals surface area contributed by atoms with Crippen LogP contribution in [0.1, 0.15) is 19.4 Å². The topological polar surface area (TPSA) is 45.1 Å². The molecule has 2 aliphatic rings. The van der Waals surface area contributed by atoms with Gasteiger partial charge in [0.2, 0.25) is 0 Å². The van der Waals surface area contributed by atoms with E-state index in [1.807, 2.05) is 37.3 Å². The molecule has 24 heavy (non-hydrogen) atoms. The molecule has 1 saturated heterocycles. The minimum atomic E-state index is -0.153. The first-order valence-corrected chi connectivity index (χ1v) is 9.24. The maximum Gasteiger partial charge on any atom is 0.286 e. The zero-order valence-corrected chi connectivity index (χ0v) is 15.0. The van der Waals surface area contributed by atoms with Gasteiger partial charge in [0.15, 0.2) is 5.17 Å². The fourth-order valence-corrected chi connectivity index (χ4v) is 3.77. The van der Waals surface area contributed by atoms with Crippen molar-refractivity contribution in [2.45, 2.75) is 13.8 Å². The number of carbonyl (C=O) groups excluding carboxylic acids is 1. The molecule has 0 spiro atoms. The van der Waals surface area contributed by atoms with Gasteiger partial charge in [-0.2, -0.15) is 4.99 Å². The molecule has 1 aromatic carbocycles. The summed E-state index contributed by atoms with van der Waals surface area (Å²) in [5, 5.41) is 0.830. The number of ether oxygens (including phenoxy) is 1. The van der Waals surface area contributed by atoms with Crippen molar-refractivity contribution in [3.05, 3.63) is 34.7 Å². The van der Waals surface area contributed by atoms with Crippen LogP contribution in [0.15, 0.2) is 34.2 Å². The van der Waals surface area contributed by atoms with Crippen molar-refractivity contribution in [3.8, 4) is 5.75 Å². The Morgan fingerprint density at radius 1 is 1.21 bits per heavy atom. The van der Waals surface area contributed by atoms with Crippen molar-refractivity contribution in [1.82, 2.24) is 9.80 Å². The Labute approximate surface area is 147 Å². The molecule has 3 rings (SSSR count). The van der Waals surface area contributed by atoms with Gasteiger partial charge in [0.1, 0.15) is 5.75 Å². The van der Waals surface area contributed by atoms with E-state index in [4.69, 9.17) is 4.74 Å². The van der Waals surface area contributed by atoms with Crippen molar-refractivity contribution in [3.63, 3.8) is 0 Å². The standard InChI is InChI=1S/C18H23N3O2S/c1-3-20-9-11-21(12-10-20)18-19-17(22)16(24-18)13-14-7-5-6-8-15(14)23-4-2/h5-8,13H,3-4,9-12H2,1-2H3/b16-13-. The minimum absolute atomic E-state index is 0.153. The molecule has 5 nitrogen and oxygen atoms in total. The fourth-order valence-electron chi connectivity index (χ4n) is 2.82. The van der Waals surface area contributed by atoms with Crippen LogP contribution in [0.5, 0.6) is 5.75 Å². The molecule has 0 aromatic heterocycles. The van der Waals surface area contributed by atoms with E-state index in [2.05, 4.69) is 21.7 Å². The van der Waals surface area contributed by atoms with E-state index in [-0.39, 0.29) is 5.91 Å². The first-order valence-electron chi connectivity index (χ1n) is 8.43. The SMILES string of the molecule is CCOc1ccccc1/C=C1\SC(N2CCN(CC)CC2)=NC1=O. The van der Waals surface area contributed by atoms with Gasteiger partial charge >= 0.3 is 0 Å². The lowest BCUT2D eigenvalue weighted by Crippen LogP contribution is -2.47. The van der Waals surface area contributed by atoms with Gasteiger partial charge in [-0.25, -0.2) is 0 Å². The van der Waals surface area contributed by atoms with Crippen LogP contribution in [0.2, 0.25) is 0 Å². The summed E-state index contributed by atoms with van der Waals surface area (Å²) in [6.45, 7) is 9.71. The van der Waals surface area contributed by atoms with Crippen LogP contribution in [-0.2, 0) is 4.79 Å². The molecule has 128 valence electrons. The molecule has 0 atom stereocenters. The van der Waals surface area contributed by atoms with Gasteiger partial charge in [-0.05, 0) is 37.4 Å². The maximum absolute atomic E-state index is 12.3. The molecule has 0 radical (unpaired) electrons. The number of amidine groups is 1. The monoisotopic (exact) mass is 345 g/mol. The molecule has 0 saturated carbocycles. The molecule has 2 heterocycles. The summed E-state index contributed by atoms with van der Waals surface area (Å²) in [6, 6.07) is 7.77. The number of para-hydroxylation sites is 1. The number of aliphatic imine (C=N–C) groups is 1. The number of amides is 1. The second-order valence-corrected chi connectivity index (χ2v) is 6.71. The Hall–Kier alpha value is -1.79. The van der Waals surface area contributed by atoms with Crippen LogP contribution >= 0.6 is 11.8 Å². The fraction of sp³-hybridized carbons (Fsp3) is 0.444. The van der Waals surface area contributed by atoms with Gasteiger partial charge in [-0.15, -0.1) is 0 Å². The highest BCUT2D eigenvalue weighted by atomic mass is 32.2. The van der Waals surface area contributed by atoms with E-state index < -0.39 is 0 Å². The number of rotatable bonds is 4. The molecule has 0 N–H and O–H groups in total. The Kier molecular flexibility index (Phi) is 5.58. The summed E-state index contributed by atoms with van der Waals surface area (Å²) in [7, 11) is 0. The summed E-state index contributed by atoms with van der Waals surface area (Å²) in [4.78, 5) is 21.8. The lowest BCUT2D eigenvalue weighted by atomic mass is 10.2. The highest BCUT2D eigenvalue weighted by Gasteiger charge is 2.28. The first kappa shape index (κ1) is 17.0. The molecular weight excluding hydrogens is 322 g/mol. The lowest BCUT2D eigenvalue weighted by molar-refractivity contribution is -0.113. The number of carbonyl (C=O) groups is 1. The van der Waals surface area contributed by atoms with Gasteiger partial charge in [-0.1, -0.05) is 25.1 Å². The summed E-state index contributed by atoms with van der Waals surface area (Å²) in [5.41, 5.74) is 0.919. The number of hydrogen-bond acceptors (Lipinski definition) is 5. The molecule has 0 unspecified atom stereocenters. The van der Waals surface area contributed by atoms with Crippen LogP contribution in [0.25, 0.3) is 6.08 Å². The molecule has 0 bridgehead atoms. The second-order valence-electron chi connectivity index (χ2n) is 5.70. The van der Waals surface area contributed by atoms with Crippen molar-refractivity contribution < 1.29 is 9.53 Å². The third kappa shape index (κ3) is 3.82. The Balaban J connectivity index is 1.71. The quantitative estimate of drug-likeness (QED) is 0.785. The van der Waals surface area contributed by atoms with E-state index in [0.717, 1.165) is 49.2 Å². The Morgan fingerprint density at radius 2 is 1.96 bits per heavy atom. The van der Waals surface area contributed by atoms with E-state index in [1.54, 1.807) is 0 Å². The molecule has 1 aromatic rings. The predicted molar refractivity (Wildman–Crippen MR) is 99.3 cm³/mol. The van der Waals surface area contributed by atoms with Crippen LogP contribution in [0.4, 0.5) is 0 Å². The third-order valence-corrected chi connectivity index (χ3v) is 5.25. The van der Waals surface area contributed by atoms with E-state index in [0.29, 0.717) is 11.5 Å². The number of likely N-dealkylation sites (N-methyl/N-ethyl adjacent to an activating group) is 1. The van der Waals surface area contributed by atoms with Gasteiger partial charge in [-0.3, -0.25) is 4.79 Å². The summed E-state index contributed by atoms with van der Waals surface area (Å²) in [5.74, 6) is 0.644. The average Bonchev–Trinajstić information content (AvgIpc) is 2.98. The van der Waals surface area contributed by atoms with Gasteiger partial charge in [0.05, 0.1) is 11.5 Å². The van der Waals surface area contributed by atoms with Crippen LogP contribution < -0.4 is 4.74 Å². The lowest BCUT2D eigenvalue weighted by Gasteiger charge is -2.34. The summed E-state index contributed by atoms with van der Waals surface area (Å²) in [6.07, 6.45) is 1.89. The van der Waals surface area contributed by atoms with Gasteiger partial charge in [0, 0.05) is 31.7 Å². The van der Waals surface area contributed by atoms with E-state index in [1.165, 1.54) is 11.8 Å². The molecular formula is C18H23N3O2S. The van der Waals surface area contributed by atoms with Gasteiger partial charge < -0.3 is 14.5 Å². The van der Waals surface area contributed by atoms with Crippen molar-refractivity contribution in [1.29, 1.82) is 0 Å². The Morgan fingerprint density at radius 3 is 2.67 bits per heavy atom. The molecule has 6 heteroatoms. The number of piperazine rings is 1. The number of nitrogens with zero attached hydrogens (tertiary/aromatic N) is 3. The van der Waals surface area contributed by atoms with E-state index in [9.17, 15) is 4.79 Å². The zero-order chi connectivity index (χ0) is 16.9. The first-order chi connectivity index (χ1) is 11.7. The smallest absolute Gasteiger partial charge is 0.286 e. The highest BCUT2D eigenvalue weighted by Crippen LogP contribution is 2.32. The normalized spacial score (nSPS) is 20.6. The summed E-state index contributed by atoms with van der Waals surface area (Å²) < 4.78 is 5.63. The minimum Gasteiger partial charge on any atom is -0.493 e. The van der Waals surface area contributed by atoms with Crippen LogP contribution in [0.3, 0.4) is 0 Å². The Bertz CT molecular complexity index is 664. The highest BCUT2D eigenvalue weighted by molar-refractivity contribution is 8.18. The molecule has 0 aliphatic carbocycles. The maximum atomic E-state index is 12.3. The predicted octanol–water partition coefficient (Wildman–Crippen LogP) is 2.69. The average molecular weight is 345 g/mol. The molecule has 2 aliphatic heterocycles. The van der Waals surface area contributed by atoms with Crippen molar-refractivity contribution >= 4 is 28.9 Å². The molecule has 1 fully saturated rings. The number of benzene rings is 1. The zero-order valence-electron chi connectivity index (χ0n) is 14.2. The van der Waals surface area contributed by atoms with E-state index >= 15 is 0 Å². The van der Waals surface area contributed by atoms with Crippen molar-refractivity contribution in [2.24, 2.45) is 4.99 Å². The largest absolute Gasteiger partial charge is 0.493 e. The van der Waals surface area contributed by atoms with Crippen LogP contribution in [-0.4, -0.2) is 60.2 Å². The number of thioether (sulfide) groups is 1. The summed E-state index contributed by atoms with van der Waals surface area (Å²) >= 11 is 1.47. The van der Waals surface area contributed by atoms with Gasteiger partial charge in [0.25, 0.3) is 5.91 Å². The molecule has 1 amide bonds. The third-order valence-electron chi connectivity index (χ3n) is 4.20.